The second-order valence-corrected chi connectivity index (χ2v) is 8.20. The minimum atomic E-state index is -0.0944. The van der Waals surface area contributed by atoms with Crippen LogP contribution in [0, 0.1) is 0 Å². The molecule has 2 aliphatic heterocycles. The first-order valence-corrected chi connectivity index (χ1v) is 11.4. The molecule has 2 aromatic rings. The van der Waals surface area contributed by atoms with Crippen molar-refractivity contribution in [2.24, 2.45) is 0 Å². The highest BCUT2D eigenvalue weighted by atomic mass is 16.5. The molecule has 0 radical (unpaired) electrons. The van der Waals surface area contributed by atoms with Gasteiger partial charge in [0.1, 0.15) is 17.8 Å². The van der Waals surface area contributed by atoms with Crippen molar-refractivity contribution in [1.82, 2.24) is 14.8 Å². The summed E-state index contributed by atoms with van der Waals surface area (Å²) in [5, 5.41) is 0. The van der Waals surface area contributed by atoms with E-state index in [4.69, 9.17) is 14.2 Å². The van der Waals surface area contributed by atoms with Crippen molar-refractivity contribution < 1.29 is 19.0 Å². The Hall–Kier alpha value is -3.16. The van der Waals surface area contributed by atoms with Crippen molar-refractivity contribution in [3.8, 4) is 11.5 Å². The number of ether oxygens (including phenoxy) is 3. The number of carbonyl (C=O) groups is 1. The van der Waals surface area contributed by atoms with Crippen LogP contribution < -0.4 is 9.47 Å². The second kappa shape index (κ2) is 11.1. The van der Waals surface area contributed by atoms with E-state index in [2.05, 4.69) is 22.0 Å². The fourth-order valence-electron chi connectivity index (χ4n) is 4.22. The van der Waals surface area contributed by atoms with E-state index in [1.165, 1.54) is 5.57 Å². The molecule has 1 amide bonds. The number of carbonyl (C=O) groups excluding carboxylic acids is 1. The summed E-state index contributed by atoms with van der Waals surface area (Å²) in [6, 6.07) is 11.3. The third-order valence-electron chi connectivity index (χ3n) is 5.95. The fraction of sp³-hybridized carbons (Fsp3) is 0.385. The molecule has 7 nitrogen and oxygen atoms in total. The maximum atomic E-state index is 13.4. The standard InChI is InChI=1S/C26H31N3O4/c1-31-18-21-19-33-25-11-10-22(32-2)16-23(25)26(30)29(21)15-6-5-13-28-14-7-8-20(17-28)24-9-3-4-12-27-24/h3-4,8-12,16,19H,5-7,13-15,17-18H2,1-2H3. The summed E-state index contributed by atoms with van der Waals surface area (Å²) in [5.74, 6) is 1.06. The van der Waals surface area contributed by atoms with E-state index < -0.39 is 0 Å². The number of unbranched alkanes of at least 4 members (excludes halogenated alkanes) is 1. The van der Waals surface area contributed by atoms with Gasteiger partial charge in [-0.05, 0) is 61.7 Å². The summed E-state index contributed by atoms with van der Waals surface area (Å²) >= 11 is 0. The lowest BCUT2D eigenvalue weighted by Gasteiger charge is -2.28. The van der Waals surface area contributed by atoms with E-state index in [1.54, 1.807) is 43.6 Å². The Morgan fingerprint density at radius 2 is 2.00 bits per heavy atom. The topological polar surface area (TPSA) is 64.1 Å². The monoisotopic (exact) mass is 449 g/mol. The first-order chi connectivity index (χ1) is 16.2. The molecule has 0 bridgehead atoms. The van der Waals surface area contributed by atoms with Crippen LogP contribution >= 0.6 is 0 Å². The van der Waals surface area contributed by atoms with Crippen LogP contribution in [-0.2, 0) is 4.74 Å². The first-order valence-electron chi connectivity index (χ1n) is 11.4. The maximum absolute atomic E-state index is 13.4. The van der Waals surface area contributed by atoms with Gasteiger partial charge in [-0.3, -0.25) is 14.7 Å². The van der Waals surface area contributed by atoms with Crippen molar-refractivity contribution in [1.29, 1.82) is 0 Å². The van der Waals surface area contributed by atoms with Crippen LogP contribution in [0.4, 0.5) is 0 Å². The van der Waals surface area contributed by atoms with Crippen LogP contribution in [0.25, 0.3) is 5.57 Å². The molecule has 0 fully saturated rings. The van der Waals surface area contributed by atoms with Gasteiger partial charge in [-0.25, -0.2) is 0 Å². The normalized spacial score (nSPS) is 16.4. The number of hydrogen-bond acceptors (Lipinski definition) is 6. The number of pyridine rings is 1. The summed E-state index contributed by atoms with van der Waals surface area (Å²) in [4.78, 5) is 22.1. The lowest BCUT2D eigenvalue weighted by Crippen LogP contribution is -2.34. The number of hydrogen-bond donors (Lipinski definition) is 0. The molecule has 4 rings (SSSR count). The highest BCUT2D eigenvalue weighted by molar-refractivity contribution is 5.98. The fourth-order valence-corrected chi connectivity index (χ4v) is 4.22. The number of fused-ring (bicyclic) bond motifs is 1. The van der Waals surface area contributed by atoms with E-state index in [9.17, 15) is 4.79 Å². The van der Waals surface area contributed by atoms with Crippen molar-refractivity contribution in [2.45, 2.75) is 19.3 Å². The molecule has 0 unspecified atom stereocenters. The van der Waals surface area contributed by atoms with E-state index in [1.807, 2.05) is 18.3 Å². The quantitative estimate of drug-likeness (QED) is 0.540. The Labute approximate surface area is 195 Å². The van der Waals surface area contributed by atoms with Crippen molar-refractivity contribution >= 4 is 11.5 Å². The second-order valence-electron chi connectivity index (χ2n) is 8.20. The molecule has 0 saturated heterocycles. The number of amides is 1. The van der Waals surface area contributed by atoms with Crippen molar-refractivity contribution in [3.63, 3.8) is 0 Å². The molecular weight excluding hydrogens is 418 g/mol. The molecule has 0 saturated carbocycles. The van der Waals surface area contributed by atoms with E-state index in [0.29, 0.717) is 30.2 Å². The van der Waals surface area contributed by atoms with E-state index in [-0.39, 0.29) is 5.91 Å². The van der Waals surface area contributed by atoms with Crippen LogP contribution in [0.3, 0.4) is 0 Å². The lowest BCUT2D eigenvalue weighted by molar-refractivity contribution is 0.0771. The molecule has 0 spiro atoms. The summed E-state index contributed by atoms with van der Waals surface area (Å²) in [6.45, 7) is 3.85. The Kier molecular flexibility index (Phi) is 7.75. The highest BCUT2D eigenvalue weighted by Gasteiger charge is 2.26. The van der Waals surface area contributed by atoms with Crippen LogP contribution in [0.2, 0.25) is 0 Å². The molecule has 2 aliphatic rings. The number of rotatable bonds is 9. The van der Waals surface area contributed by atoms with Gasteiger partial charge in [0.25, 0.3) is 5.91 Å². The third kappa shape index (κ3) is 5.61. The number of aromatic nitrogens is 1. The molecule has 7 heteroatoms. The Morgan fingerprint density at radius 3 is 2.79 bits per heavy atom. The van der Waals surface area contributed by atoms with Crippen LogP contribution in [0.15, 0.2) is 60.6 Å². The molecule has 174 valence electrons. The molecule has 3 heterocycles. The Morgan fingerprint density at radius 1 is 1.12 bits per heavy atom. The Balaban J connectivity index is 1.36. The van der Waals surface area contributed by atoms with Gasteiger partial charge in [0.15, 0.2) is 0 Å². The largest absolute Gasteiger partial charge is 0.497 e. The molecule has 0 aliphatic carbocycles. The zero-order chi connectivity index (χ0) is 23.0. The van der Waals surface area contributed by atoms with Gasteiger partial charge in [-0.1, -0.05) is 12.1 Å². The van der Waals surface area contributed by atoms with Crippen LogP contribution in [0.5, 0.6) is 11.5 Å². The number of methoxy groups -OCH3 is 2. The molecule has 1 aromatic carbocycles. The summed E-state index contributed by atoms with van der Waals surface area (Å²) in [6.07, 6.45) is 8.66. The van der Waals surface area contributed by atoms with Gasteiger partial charge < -0.3 is 19.1 Å². The smallest absolute Gasteiger partial charge is 0.262 e. The zero-order valence-corrected chi connectivity index (χ0v) is 19.3. The minimum absolute atomic E-state index is 0.0944. The van der Waals surface area contributed by atoms with Gasteiger partial charge >= 0.3 is 0 Å². The van der Waals surface area contributed by atoms with Crippen LogP contribution in [-0.4, -0.2) is 67.7 Å². The number of benzene rings is 1. The molecule has 0 atom stereocenters. The predicted octanol–water partition coefficient (Wildman–Crippen LogP) is 3.98. The molecule has 33 heavy (non-hydrogen) atoms. The Bertz CT molecular complexity index is 1020. The predicted molar refractivity (Wildman–Crippen MR) is 127 cm³/mol. The van der Waals surface area contributed by atoms with Gasteiger partial charge in [0.05, 0.1) is 30.7 Å². The van der Waals surface area contributed by atoms with Gasteiger partial charge in [-0.15, -0.1) is 0 Å². The minimum Gasteiger partial charge on any atom is -0.497 e. The third-order valence-corrected chi connectivity index (χ3v) is 5.95. The van der Waals surface area contributed by atoms with Gasteiger partial charge in [0.2, 0.25) is 0 Å². The van der Waals surface area contributed by atoms with E-state index >= 15 is 0 Å². The SMILES string of the molecule is COCC1=COc2ccc(OC)cc2C(=O)N1CCCCN1CCC=C(c2ccccn2)C1. The first kappa shape index (κ1) is 23.0. The average Bonchev–Trinajstić information content (AvgIpc) is 2.99. The zero-order valence-electron chi connectivity index (χ0n) is 19.3. The van der Waals surface area contributed by atoms with E-state index in [0.717, 1.165) is 50.3 Å². The number of nitrogens with zero attached hydrogens (tertiary/aromatic N) is 3. The summed E-state index contributed by atoms with van der Waals surface area (Å²) < 4.78 is 16.4. The maximum Gasteiger partial charge on any atom is 0.262 e. The average molecular weight is 450 g/mol. The molecular formula is C26H31N3O4. The van der Waals surface area contributed by atoms with Gasteiger partial charge in [-0.2, -0.15) is 0 Å². The summed E-state index contributed by atoms with van der Waals surface area (Å²) in [5.41, 5.74) is 3.56. The molecule has 0 N–H and O–H groups in total. The summed E-state index contributed by atoms with van der Waals surface area (Å²) in [7, 11) is 3.21. The van der Waals surface area contributed by atoms with Gasteiger partial charge in [0, 0.05) is 32.9 Å². The van der Waals surface area contributed by atoms with Crippen molar-refractivity contribution in [3.05, 3.63) is 71.9 Å². The highest BCUT2D eigenvalue weighted by Crippen LogP contribution is 2.30. The molecule has 1 aromatic heterocycles. The van der Waals surface area contributed by atoms with Crippen LogP contribution in [0.1, 0.15) is 35.3 Å². The van der Waals surface area contributed by atoms with Crippen molar-refractivity contribution in [2.75, 3.05) is 47.0 Å². The lowest BCUT2D eigenvalue weighted by atomic mass is 10.1.